The molecule has 4 aromatic heterocycles. The molecule has 5 rings (SSSR count). The van der Waals surface area contributed by atoms with Gasteiger partial charge >= 0.3 is 0 Å². The predicted molar refractivity (Wildman–Crippen MR) is 129 cm³/mol. The van der Waals surface area contributed by atoms with Crippen molar-refractivity contribution < 1.29 is 4.79 Å². The van der Waals surface area contributed by atoms with Crippen LogP contribution in [0.25, 0.3) is 26.1 Å². The van der Waals surface area contributed by atoms with Crippen LogP contribution in [0.4, 0.5) is 0 Å². The van der Waals surface area contributed by atoms with Gasteiger partial charge in [0.05, 0.1) is 27.7 Å². The molecule has 0 saturated heterocycles. The summed E-state index contributed by atoms with van der Waals surface area (Å²) in [5.74, 6) is -0.266. The van der Waals surface area contributed by atoms with Crippen molar-refractivity contribution in [2.24, 2.45) is 0 Å². The standard InChI is InChI=1S/C22H18N8O2S2/c1-14-20(34-22(25-14)18-6-3-11-33-18)17-7-8-19(31)29(26-17)10-9-23-21(32)15-4-2-5-16(12-15)30-13-24-27-28-30/h2-8,11-13H,9-10H2,1H3,(H,23,32). The van der Waals surface area contributed by atoms with E-state index in [4.69, 9.17) is 0 Å². The van der Waals surface area contributed by atoms with E-state index in [0.717, 1.165) is 20.5 Å². The van der Waals surface area contributed by atoms with Crippen molar-refractivity contribution in [3.63, 3.8) is 0 Å². The number of nitrogens with zero attached hydrogens (tertiary/aromatic N) is 7. The van der Waals surface area contributed by atoms with Gasteiger partial charge < -0.3 is 5.32 Å². The van der Waals surface area contributed by atoms with Gasteiger partial charge in [0.25, 0.3) is 11.5 Å². The third-order valence-electron chi connectivity index (χ3n) is 4.96. The Morgan fingerprint density at radius 2 is 2.06 bits per heavy atom. The van der Waals surface area contributed by atoms with Crippen LogP contribution >= 0.6 is 22.7 Å². The summed E-state index contributed by atoms with van der Waals surface area (Å²) in [5.41, 5.74) is 2.44. The molecule has 0 bridgehead atoms. The third kappa shape index (κ3) is 4.54. The quantitative estimate of drug-likeness (QED) is 0.372. The van der Waals surface area contributed by atoms with Crippen molar-refractivity contribution >= 4 is 28.6 Å². The number of aryl methyl sites for hydroxylation is 1. The van der Waals surface area contributed by atoms with Gasteiger partial charge in [0.15, 0.2) is 0 Å². The molecule has 34 heavy (non-hydrogen) atoms. The second-order valence-corrected chi connectivity index (χ2v) is 9.20. The number of thiazole rings is 1. The zero-order valence-corrected chi connectivity index (χ0v) is 19.6. The number of rotatable bonds is 7. The highest BCUT2D eigenvalue weighted by Crippen LogP contribution is 2.35. The maximum atomic E-state index is 12.6. The Hall–Kier alpha value is -4.03. The zero-order valence-electron chi connectivity index (χ0n) is 18.0. The number of amides is 1. The molecule has 10 nitrogen and oxygen atoms in total. The van der Waals surface area contributed by atoms with E-state index in [1.165, 1.54) is 21.8 Å². The van der Waals surface area contributed by atoms with Crippen molar-refractivity contribution in [2.75, 3.05) is 6.54 Å². The Bertz CT molecular complexity index is 1490. The number of thiophene rings is 1. The van der Waals surface area contributed by atoms with Gasteiger partial charge in [0, 0.05) is 18.2 Å². The average Bonchev–Trinajstić information content (AvgIpc) is 3.62. The summed E-state index contributed by atoms with van der Waals surface area (Å²) in [7, 11) is 0. The molecular formula is C22H18N8O2S2. The van der Waals surface area contributed by atoms with Gasteiger partial charge in [0.2, 0.25) is 0 Å². The van der Waals surface area contributed by atoms with Crippen LogP contribution in [-0.2, 0) is 6.54 Å². The number of hydrogen-bond acceptors (Lipinski definition) is 9. The van der Waals surface area contributed by atoms with E-state index in [2.05, 4.69) is 30.9 Å². The lowest BCUT2D eigenvalue weighted by Gasteiger charge is -2.09. The van der Waals surface area contributed by atoms with Gasteiger partial charge in [-0.3, -0.25) is 9.59 Å². The lowest BCUT2D eigenvalue weighted by atomic mass is 10.2. The highest BCUT2D eigenvalue weighted by Gasteiger charge is 2.14. The minimum absolute atomic E-state index is 0.237. The fraction of sp³-hybridized carbons (Fsp3) is 0.136. The summed E-state index contributed by atoms with van der Waals surface area (Å²) < 4.78 is 2.83. The molecule has 0 aliphatic heterocycles. The minimum atomic E-state index is -0.266. The smallest absolute Gasteiger partial charge is 0.266 e. The van der Waals surface area contributed by atoms with Gasteiger partial charge in [-0.1, -0.05) is 12.1 Å². The highest BCUT2D eigenvalue weighted by atomic mass is 32.1. The topological polar surface area (TPSA) is 120 Å². The van der Waals surface area contributed by atoms with Crippen LogP contribution in [0.1, 0.15) is 16.1 Å². The summed E-state index contributed by atoms with van der Waals surface area (Å²) in [5, 5.41) is 21.3. The molecule has 5 aromatic rings. The SMILES string of the molecule is Cc1nc(-c2cccs2)sc1-c1ccc(=O)n(CCNC(=O)c2cccc(-n3cnnn3)c2)n1. The molecular weight excluding hydrogens is 472 g/mol. The van der Waals surface area contributed by atoms with Crippen LogP contribution in [0.15, 0.2) is 65.0 Å². The first-order chi connectivity index (χ1) is 16.6. The number of carbonyl (C=O) groups excluding carboxylic acids is 1. The summed E-state index contributed by atoms with van der Waals surface area (Å²) in [6.07, 6.45) is 1.45. The molecule has 0 aliphatic carbocycles. The molecule has 1 N–H and O–H groups in total. The lowest BCUT2D eigenvalue weighted by Crippen LogP contribution is -2.32. The second-order valence-electron chi connectivity index (χ2n) is 7.25. The molecule has 1 amide bonds. The van der Waals surface area contributed by atoms with Gasteiger partial charge in [-0.15, -0.1) is 27.8 Å². The first-order valence-electron chi connectivity index (χ1n) is 10.3. The summed E-state index contributed by atoms with van der Waals surface area (Å²) in [4.78, 5) is 31.6. The number of benzene rings is 1. The van der Waals surface area contributed by atoms with Crippen LogP contribution in [0.3, 0.4) is 0 Å². The third-order valence-corrected chi connectivity index (χ3v) is 7.18. The maximum Gasteiger partial charge on any atom is 0.266 e. The number of hydrogen-bond donors (Lipinski definition) is 1. The lowest BCUT2D eigenvalue weighted by molar-refractivity contribution is 0.0951. The van der Waals surface area contributed by atoms with E-state index >= 15 is 0 Å². The Morgan fingerprint density at radius 1 is 1.15 bits per heavy atom. The Morgan fingerprint density at radius 3 is 2.85 bits per heavy atom. The molecule has 0 fully saturated rings. The first kappa shape index (κ1) is 21.8. The van der Waals surface area contributed by atoms with Crippen molar-refractivity contribution in [1.29, 1.82) is 0 Å². The van der Waals surface area contributed by atoms with Crippen molar-refractivity contribution in [1.82, 2.24) is 40.3 Å². The Kier molecular flexibility index (Phi) is 6.06. The monoisotopic (exact) mass is 490 g/mol. The molecule has 0 saturated carbocycles. The van der Waals surface area contributed by atoms with Gasteiger partial charge in [-0.2, -0.15) is 5.10 Å². The van der Waals surface area contributed by atoms with E-state index in [1.807, 2.05) is 24.4 Å². The van der Waals surface area contributed by atoms with Crippen LogP contribution in [-0.4, -0.2) is 47.4 Å². The highest BCUT2D eigenvalue weighted by molar-refractivity contribution is 7.23. The van der Waals surface area contributed by atoms with Crippen LogP contribution in [0, 0.1) is 6.92 Å². The largest absolute Gasteiger partial charge is 0.350 e. The van der Waals surface area contributed by atoms with E-state index in [-0.39, 0.29) is 24.6 Å². The normalized spacial score (nSPS) is 11.0. The van der Waals surface area contributed by atoms with E-state index < -0.39 is 0 Å². The van der Waals surface area contributed by atoms with Crippen LogP contribution in [0.5, 0.6) is 0 Å². The van der Waals surface area contributed by atoms with Crippen LogP contribution in [0.2, 0.25) is 0 Å². The summed E-state index contributed by atoms with van der Waals surface area (Å²) >= 11 is 3.18. The summed E-state index contributed by atoms with van der Waals surface area (Å²) in [6.45, 7) is 2.41. The minimum Gasteiger partial charge on any atom is -0.350 e. The van der Waals surface area contributed by atoms with Gasteiger partial charge in [-0.05, 0) is 53.1 Å². The second kappa shape index (κ2) is 9.45. The van der Waals surface area contributed by atoms with Gasteiger partial charge in [0.1, 0.15) is 17.0 Å². The maximum absolute atomic E-state index is 12.6. The number of tetrazole rings is 1. The fourth-order valence-electron chi connectivity index (χ4n) is 3.32. The Labute approximate surface area is 201 Å². The number of aromatic nitrogens is 7. The molecule has 0 radical (unpaired) electrons. The van der Waals surface area contributed by atoms with Gasteiger partial charge in [-0.25, -0.2) is 14.3 Å². The number of nitrogens with one attached hydrogen (secondary N) is 1. The first-order valence-corrected chi connectivity index (χ1v) is 12.0. The molecule has 12 heteroatoms. The van der Waals surface area contributed by atoms with Crippen molar-refractivity contribution in [3.05, 3.63) is 81.8 Å². The molecule has 0 spiro atoms. The van der Waals surface area contributed by atoms with Crippen molar-refractivity contribution in [3.8, 4) is 26.1 Å². The average molecular weight is 491 g/mol. The molecule has 0 aliphatic rings. The zero-order chi connectivity index (χ0) is 23.5. The molecule has 0 unspecified atom stereocenters. The Balaban J connectivity index is 1.28. The van der Waals surface area contributed by atoms with Crippen molar-refractivity contribution in [2.45, 2.75) is 13.5 Å². The molecule has 4 heterocycles. The molecule has 170 valence electrons. The molecule has 0 atom stereocenters. The fourth-order valence-corrected chi connectivity index (χ4v) is 5.14. The summed E-state index contributed by atoms with van der Waals surface area (Å²) in [6, 6.07) is 14.2. The predicted octanol–water partition coefficient (Wildman–Crippen LogP) is 2.81. The molecule has 1 aromatic carbocycles. The van der Waals surface area contributed by atoms with E-state index in [0.29, 0.717) is 16.9 Å². The van der Waals surface area contributed by atoms with E-state index in [1.54, 1.807) is 53.0 Å². The number of carbonyl (C=O) groups is 1. The van der Waals surface area contributed by atoms with Crippen LogP contribution < -0.4 is 10.9 Å². The van der Waals surface area contributed by atoms with E-state index in [9.17, 15) is 9.59 Å².